The van der Waals surface area contributed by atoms with Crippen LogP contribution in [0.15, 0.2) is 35.5 Å². The van der Waals surface area contributed by atoms with Crippen LogP contribution in [0.1, 0.15) is 65.9 Å². The van der Waals surface area contributed by atoms with E-state index in [2.05, 4.69) is 25.7 Å². The standard InChI is InChI=1S/C25H35N5O3.C2H4O2.C2H6/c1-14(2)27-20(11-12-26)24(32)30-23(22(17-6-7-17)18-8-9-18)25(33)29-19-10-5-15(3)21(13-19)28-16(4)31;1-4-2-3;1-2/h5,10-14,17-18,22-23H,6-9,26H2,1-4H3,(H,28,31)(H,29,33)(H,30,32);2H,1H3;1-2H3/b12-11-,27-20?;;. The first kappa shape index (κ1) is 33.3. The minimum absolute atomic E-state index is 0.0864. The highest BCUT2D eigenvalue weighted by atomic mass is 16.5. The number of hydrogen-bond acceptors (Lipinski definition) is 7. The molecule has 0 bridgehead atoms. The molecule has 216 valence electrons. The van der Waals surface area contributed by atoms with Gasteiger partial charge in [0.05, 0.1) is 7.11 Å². The SMILES string of the molecule is CC.CC(=O)Nc1cc(NC(=O)C(NC(=O)C(/C=C\N)=NC(C)C)C(C2CC2)C2CC2)ccc1C.COC=O. The van der Waals surface area contributed by atoms with Crippen molar-refractivity contribution in [1.29, 1.82) is 0 Å². The fourth-order valence-corrected chi connectivity index (χ4v) is 4.23. The predicted molar refractivity (Wildman–Crippen MR) is 155 cm³/mol. The molecule has 2 fully saturated rings. The topological polar surface area (TPSA) is 152 Å². The van der Waals surface area contributed by atoms with Crippen LogP contribution in [0.3, 0.4) is 0 Å². The zero-order chi connectivity index (χ0) is 29.5. The van der Waals surface area contributed by atoms with Crippen LogP contribution in [0.2, 0.25) is 0 Å². The van der Waals surface area contributed by atoms with Gasteiger partial charge in [0.15, 0.2) is 0 Å². The van der Waals surface area contributed by atoms with Gasteiger partial charge >= 0.3 is 0 Å². The second-order valence-corrected chi connectivity index (χ2v) is 9.70. The van der Waals surface area contributed by atoms with Gasteiger partial charge in [0, 0.05) is 24.3 Å². The molecule has 0 saturated heterocycles. The Labute approximate surface area is 232 Å². The Morgan fingerprint density at radius 1 is 1.08 bits per heavy atom. The van der Waals surface area contributed by atoms with E-state index in [1.807, 2.05) is 40.7 Å². The van der Waals surface area contributed by atoms with Crippen LogP contribution in [-0.2, 0) is 23.9 Å². The largest absolute Gasteiger partial charge is 0.471 e. The van der Waals surface area contributed by atoms with Crippen molar-refractivity contribution in [3.8, 4) is 0 Å². The summed E-state index contributed by atoms with van der Waals surface area (Å²) in [6.45, 7) is 11.5. The highest BCUT2D eigenvalue weighted by Crippen LogP contribution is 2.50. The molecule has 0 aliphatic heterocycles. The number of anilines is 2. The number of nitrogens with one attached hydrogen (secondary N) is 3. The van der Waals surface area contributed by atoms with E-state index in [1.165, 1.54) is 26.3 Å². The fraction of sp³-hybridized carbons (Fsp3) is 0.552. The molecule has 2 aliphatic rings. The lowest BCUT2D eigenvalue weighted by Gasteiger charge is -2.27. The summed E-state index contributed by atoms with van der Waals surface area (Å²) in [5, 5.41) is 8.71. The average molecular weight is 544 g/mol. The van der Waals surface area contributed by atoms with E-state index in [1.54, 1.807) is 12.1 Å². The Hall–Kier alpha value is -3.69. The van der Waals surface area contributed by atoms with Crippen LogP contribution in [0.4, 0.5) is 11.4 Å². The Bertz CT molecular complexity index is 1020. The minimum Gasteiger partial charge on any atom is -0.471 e. The second-order valence-electron chi connectivity index (χ2n) is 9.70. The van der Waals surface area contributed by atoms with Gasteiger partial charge in [-0.1, -0.05) is 19.9 Å². The number of methoxy groups -OCH3 is 1. The third-order valence-corrected chi connectivity index (χ3v) is 6.08. The smallest absolute Gasteiger partial charge is 0.292 e. The molecule has 0 radical (unpaired) electrons. The van der Waals surface area contributed by atoms with E-state index in [0.29, 0.717) is 29.7 Å². The molecule has 0 heterocycles. The number of rotatable bonds is 11. The van der Waals surface area contributed by atoms with Crippen molar-refractivity contribution in [3.05, 3.63) is 36.0 Å². The molecule has 1 atom stereocenters. The maximum absolute atomic E-state index is 13.5. The molecule has 39 heavy (non-hydrogen) atoms. The lowest BCUT2D eigenvalue weighted by molar-refractivity contribution is -0.126. The molecule has 10 nitrogen and oxygen atoms in total. The Balaban J connectivity index is 0.00000116. The number of aryl methyl sites for hydroxylation is 1. The number of hydrogen-bond donors (Lipinski definition) is 4. The Kier molecular flexibility index (Phi) is 14.5. The van der Waals surface area contributed by atoms with Crippen molar-refractivity contribution >= 4 is 41.3 Å². The number of amides is 3. The predicted octanol–water partition coefficient (Wildman–Crippen LogP) is 3.95. The Morgan fingerprint density at radius 3 is 2.08 bits per heavy atom. The van der Waals surface area contributed by atoms with Gasteiger partial charge in [-0.05, 0) is 94.2 Å². The summed E-state index contributed by atoms with van der Waals surface area (Å²) >= 11 is 0. The van der Waals surface area contributed by atoms with E-state index >= 15 is 0 Å². The molecule has 0 spiro atoms. The number of aliphatic imine (C=N–C) groups is 1. The number of benzene rings is 1. The van der Waals surface area contributed by atoms with Gasteiger partial charge in [0.1, 0.15) is 11.8 Å². The van der Waals surface area contributed by atoms with Crippen LogP contribution in [0.5, 0.6) is 0 Å². The molecule has 3 rings (SSSR count). The number of nitrogens with zero attached hydrogens (tertiary/aromatic N) is 1. The van der Waals surface area contributed by atoms with Crippen LogP contribution >= 0.6 is 0 Å². The third kappa shape index (κ3) is 11.7. The van der Waals surface area contributed by atoms with E-state index in [4.69, 9.17) is 10.5 Å². The lowest BCUT2D eigenvalue weighted by Crippen LogP contribution is -2.51. The first-order valence-corrected chi connectivity index (χ1v) is 13.5. The number of ether oxygens (including phenoxy) is 1. The van der Waals surface area contributed by atoms with Crippen molar-refractivity contribution < 1.29 is 23.9 Å². The lowest BCUT2D eigenvalue weighted by atomic mass is 9.88. The van der Waals surface area contributed by atoms with E-state index < -0.39 is 11.9 Å². The molecule has 1 aromatic carbocycles. The molecule has 5 N–H and O–H groups in total. The highest BCUT2D eigenvalue weighted by Gasteiger charge is 2.48. The second kappa shape index (κ2) is 17.0. The summed E-state index contributed by atoms with van der Waals surface area (Å²) in [6.07, 6.45) is 7.06. The van der Waals surface area contributed by atoms with Gasteiger partial charge in [-0.3, -0.25) is 24.2 Å². The van der Waals surface area contributed by atoms with Crippen molar-refractivity contribution in [3.63, 3.8) is 0 Å². The summed E-state index contributed by atoms with van der Waals surface area (Å²) < 4.78 is 3.86. The maximum atomic E-state index is 13.5. The third-order valence-electron chi connectivity index (χ3n) is 6.08. The van der Waals surface area contributed by atoms with E-state index in [9.17, 15) is 14.4 Å². The van der Waals surface area contributed by atoms with Crippen molar-refractivity contribution in [2.75, 3.05) is 17.7 Å². The van der Waals surface area contributed by atoms with Gasteiger partial charge in [0.25, 0.3) is 12.4 Å². The monoisotopic (exact) mass is 543 g/mol. The fourth-order valence-electron chi connectivity index (χ4n) is 4.23. The summed E-state index contributed by atoms with van der Waals surface area (Å²) in [7, 11) is 1.31. The first-order chi connectivity index (χ1) is 18.6. The first-order valence-electron chi connectivity index (χ1n) is 13.5. The molecular weight excluding hydrogens is 498 g/mol. The zero-order valence-corrected chi connectivity index (χ0v) is 24.2. The van der Waals surface area contributed by atoms with Crippen LogP contribution in [0.25, 0.3) is 0 Å². The number of carbonyl (C=O) groups is 4. The van der Waals surface area contributed by atoms with E-state index in [-0.39, 0.29) is 29.5 Å². The average Bonchev–Trinajstić information content (AvgIpc) is 3.82. The Morgan fingerprint density at radius 2 is 1.64 bits per heavy atom. The summed E-state index contributed by atoms with van der Waals surface area (Å²) in [5.41, 5.74) is 7.83. The number of nitrogens with two attached hydrogens (primary N) is 1. The normalized spacial score (nSPS) is 15.4. The van der Waals surface area contributed by atoms with Crippen molar-refractivity contribution in [2.45, 2.75) is 79.3 Å². The summed E-state index contributed by atoms with van der Waals surface area (Å²) in [5.74, 6) is 0.134. The molecule has 2 aliphatic carbocycles. The molecule has 2 saturated carbocycles. The van der Waals surface area contributed by atoms with Crippen LogP contribution in [0, 0.1) is 24.7 Å². The van der Waals surface area contributed by atoms with Gasteiger partial charge < -0.3 is 26.4 Å². The molecule has 10 heteroatoms. The minimum atomic E-state index is -0.674. The number of carbonyl (C=O) groups excluding carboxylic acids is 4. The van der Waals surface area contributed by atoms with Gasteiger partial charge in [-0.25, -0.2) is 0 Å². The summed E-state index contributed by atoms with van der Waals surface area (Å²) in [4.78, 5) is 51.4. The maximum Gasteiger partial charge on any atom is 0.292 e. The van der Waals surface area contributed by atoms with E-state index in [0.717, 1.165) is 31.2 Å². The van der Waals surface area contributed by atoms with Crippen LogP contribution < -0.4 is 21.7 Å². The molecule has 3 amide bonds. The van der Waals surface area contributed by atoms with Gasteiger partial charge in [-0.15, -0.1) is 0 Å². The van der Waals surface area contributed by atoms with Crippen molar-refractivity contribution in [2.24, 2.45) is 28.5 Å². The molecule has 1 aromatic rings. The van der Waals surface area contributed by atoms with Gasteiger partial charge in [0.2, 0.25) is 11.8 Å². The van der Waals surface area contributed by atoms with Crippen LogP contribution in [-0.4, -0.2) is 49.1 Å². The quantitative estimate of drug-likeness (QED) is 0.245. The summed E-state index contributed by atoms with van der Waals surface area (Å²) in [6, 6.07) is 4.61. The van der Waals surface area contributed by atoms with Gasteiger partial charge in [-0.2, -0.15) is 0 Å². The molecule has 0 aromatic heterocycles. The van der Waals surface area contributed by atoms with Crippen molar-refractivity contribution in [1.82, 2.24) is 5.32 Å². The zero-order valence-electron chi connectivity index (χ0n) is 24.2. The highest BCUT2D eigenvalue weighted by molar-refractivity contribution is 6.43. The molecule has 1 unspecified atom stereocenters. The molecular formula is C29H45N5O5.